The SMILES string of the molecule is CCC(C)(C)C1CCC(O)C(OCC2CCCCC2)C1. The van der Waals surface area contributed by atoms with Crippen LogP contribution in [0, 0.1) is 17.3 Å². The first-order valence-corrected chi connectivity index (χ1v) is 8.82. The molecule has 1 N–H and O–H groups in total. The molecule has 2 heteroatoms. The van der Waals surface area contributed by atoms with Crippen molar-refractivity contribution in [1.29, 1.82) is 0 Å². The minimum Gasteiger partial charge on any atom is -0.390 e. The number of hydrogen-bond donors (Lipinski definition) is 1. The van der Waals surface area contributed by atoms with E-state index >= 15 is 0 Å². The maximum absolute atomic E-state index is 10.2. The second-order valence-corrected chi connectivity index (χ2v) is 7.80. The van der Waals surface area contributed by atoms with Gasteiger partial charge < -0.3 is 9.84 Å². The molecule has 118 valence electrons. The molecule has 3 unspecified atom stereocenters. The molecule has 3 atom stereocenters. The van der Waals surface area contributed by atoms with Gasteiger partial charge in [0.25, 0.3) is 0 Å². The van der Waals surface area contributed by atoms with Gasteiger partial charge in [-0.1, -0.05) is 46.5 Å². The van der Waals surface area contributed by atoms with Crippen LogP contribution in [0.4, 0.5) is 0 Å². The Morgan fingerprint density at radius 2 is 1.75 bits per heavy atom. The quantitative estimate of drug-likeness (QED) is 0.801. The zero-order valence-electron chi connectivity index (χ0n) is 13.7. The Balaban J connectivity index is 1.82. The van der Waals surface area contributed by atoms with Gasteiger partial charge in [0, 0.05) is 6.61 Å². The van der Waals surface area contributed by atoms with Gasteiger partial charge in [-0.3, -0.25) is 0 Å². The van der Waals surface area contributed by atoms with E-state index in [-0.39, 0.29) is 12.2 Å². The Labute approximate surface area is 125 Å². The molecule has 0 heterocycles. The number of ether oxygens (including phenoxy) is 1. The summed E-state index contributed by atoms with van der Waals surface area (Å²) in [6.45, 7) is 7.89. The van der Waals surface area contributed by atoms with Crippen LogP contribution in [0.2, 0.25) is 0 Å². The van der Waals surface area contributed by atoms with Crippen LogP contribution >= 0.6 is 0 Å². The van der Waals surface area contributed by atoms with Crippen LogP contribution in [0.1, 0.15) is 78.6 Å². The third-order valence-corrected chi connectivity index (χ3v) is 6.04. The van der Waals surface area contributed by atoms with Crippen LogP contribution in [-0.2, 0) is 4.74 Å². The molecule has 0 aliphatic heterocycles. The van der Waals surface area contributed by atoms with Crippen molar-refractivity contribution in [2.45, 2.75) is 90.8 Å². The van der Waals surface area contributed by atoms with E-state index in [9.17, 15) is 5.11 Å². The van der Waals surface area contributed by atoms with Crippen molar-refractivity contribution in [2.75, 3.05) is 6.61 Å². The first-order chi connectivity index (χ1) is 9.53. The molecule has 0 aromatic carbocycles. The van der Waals surface area contributed by atoms with Crippen LogP contribution < -0.4 is 0 Å². The van der Waals surface area contributed by atoms with Crippen molar-refractivity contribution in [3.05, 3.63) is 0 Å². The summed E-state index contributed by atoms with van der Waals surface area (Å²) in [5.41, 5.74) is 0.382. The number of rotatable bonds is 5. The molecule has 0 bridgehead atoms. The summed E-state index contributed by atoms with van der Waals surface area (Å²) < 4.78 is 6.15. The highest BCUT2D eigenvalue weighted by Crippen LogP contribution is 2.41. The Morgan fingerprint density at radius 1 is 1.05 bits per heavy atom. The summed E-state index contributed by atoms with van der Waals surface area (Å²) >= 11 is 0. The smallest absolute Gasteiger partial charge is 0.0836 e. The first kappa shape index (κ1) is 16.3. The highest BCUT2D eigenvalue weighted by molar-refractivity contribution is 4.87. The topological polar surface area (TPSA) is 29.5 Å². The van der Waals surface area contributed by atoms with Crippen LogP contribution in [-0.4, -0.2) is 23.9 Å². The van der Waals surface area contributed by atoms with Gasteiger partial charge in [0.05, 0.1) is 12.2 Å². The van der Waals surface area contributed by atoms with Crippen molar-refractivity contribution in [2.24, 2.45) is 17.3 Å². The zero-order chi connectivity index (χ0) is 14.6. The lowest BCUT2D eigenvalue weighted by Gasteiger charge is -2.41. The van der Waals surface area contributed by atoms with E-state index < -0.39 is 0 Å². The van der Waals surface area contributed by atoms with Crippen molar-refractivity contribution in [1.82, 2.24) is 0 Å². The predicted octanol–water partition coefficient (Wildman–Crippen LogP) is 4.55. The van der Waals surface area contributed by atoms with Crippen LogP contribution in [0.5, 0.6) is 0 Å². The Bertz CT molecular complexity index is 281. The van der Waals surface area contributed by atoms with Crippen LogP contribution in [0.15, 0.2) is 0 Å². The minimum absolute atomic E-state index is 0.0847. The van der Waals surface area contributed by atoms with E-state index in [0.717, 1.165) is 31.8 Å². The van der Waals surface area contributed by atoms with Crippen molar-refractivity contribution in [3.8, 4) is 0 Å². The first-order valence-electron chi connectivity index (χ1n) is 8.82. The van der Waals surface area contributed by atoms with Gasteiger partial charge >= 0.3 is 0 Å². The molecule has 2 saturated carbocycles. The zero-order valence-corrected chi connectivity index (χ0v) is 13.7. The fourth-order valence-corrected chi connectivity index (χ4v) is 3.90. The fraction of sp³-hybridized carbons (Fsp3) is 1.00. The van der Waals surface area contributed by atoms with Crippen LogP contribution in [0.3, 0.4) is 0 Å². The van der Waals surface area contributed by atoms with Gasteiger partial charge in [-0.15, -0.1) is 0 Å². The molecule has 2 rings (SSSR count). The Hall–Kier alpha value is -0.0800. The Morgan fingerprint density at radius 3 is 2.40 bits per heavy atom. The monoisotopic (exact) mass is 282 g/mol. The summed E-state index contributed by atoms with van der Waals surface area (Å²) in [6.07, 6.45) is 11.0. The van der Waals surface area contributed by atoms with Crippen molar-refractivity contribution in [3.63, 3.8) is 0 Å². The molecule has 2 aliphatic rings. The van der Waals surface area contributed by atoms with Gasteiger partial charge in [-0.2, -0.15) is 0 Å². The van der Waals surface area contributed by atoms with Gasteiger partial charge in [0.1, 0.15) is 0 Å². The van der Waals surface area contributed by atoms with E-state index in [4.69, 9.17) is 4.74 Å². The van der Waals surface area contributed by atoms with Gasteiger partial charge in [0.15, 0.2) is 0 Å². The second-order valence-electron chi connectivity index (χ2n) is 7.80. The lowest BCUT2D eigenvalue weighted by atomic mass is 9.68. The molecule has 0 aromatic rings. The number of aliphatic hydroxyl groups excluding tert-OH is 1. The summed E-state index contributed by atoms with van der Waals surface area (Å²) in [4.78, 5) is 0. The minimum atomic E-state index is -0.234. The maximum Gasteiger partial charge on any atom is 0.0836 e. The highest BCUT2D eigenvalue weighted by atomic mass is 16.5. The van der Waals surface area contributed by atoms with Crippen molar-refractivity contribution < 1.29 is 9.84 Å². The average Bonchev–Trinajstić information content (AvgIpc) is 2.47. The number of aliphatic hydroxyl groups is 1. The summed E-state index contributed by atoms with van der Waals surface area (Å²) in [5, 5.41) is 10.2. The molecule has 2 aliphatic carbocycles. The van der Waals surface area contributed by atoms with E-state index in [1.54, 1.807) is 0 Å². The summed E-state index contributed by atoms with van der Waals surface area (Å²) in [7, 11) is 0. The lowest BCUT2D eigenvalue weighted by Crippen LogP contribution is -2.41. The number of hydrogen-bond acceptors (Lipinski definition) is 2. The molecule has 0 radical (unpaired) electrons. The average molecular weight is 282 g/mol. The van der Waals surface area contributed by atoms with E-state index in [0.29, 0.717) is 11.3 Å². The molecular formula is C18H34O2. The third kappa shape index (κ3) is 4.21. The van der Waals surface area contributed by atoms with Gasteiger partial charge in [-0.25, -0.2) is 0 Å². The summed E-state index contributed by atoms with van der Waals surface area (Å²) in [6, 6.07) is 0. The lowest BCUT2D eigenvalue weighted by molar-refractivity contribution is -0.0960. The molecular weight excluding hydrogens is 248 g/mol. The van der Waals surface area contributed by atoms with Crippen molar-refractivity contribution >= 4 is 0 Å². The van der Waals surface area contributed by atoms with E-state index in [2.05, 4.69) is 20.8 Å². The molecule has 20 heavy (non-hydrogen) atoms. The van der Waals surface area contributed by atoms with Gasteiger partial charge in [-0.05, 0) is 49.4 Å². The molecule has 0 aromatic heterocycles. The maximum atomic E-state index is 10.2. The standard InChI is InChI=1S/C18H34O2/c1-4-18(2,3)15-10-11-16(19)17(12-15)20-13-14-8-6-5-7-9-14/h14-17,19H,4-13H2,1-3H3. The largest absolute Gasteiger partial charge is 0.390 e. The molecule has 0 spiro atoms. The Kier molecular flexibility index (Phi) is 5.92. The predicted molar refractivity (Wildman–Crippen MR) is 83.7 cm³/mol. The summed E-state index contributed by atoms with van der Waals surface area (Å²) in [5.74, 6) is 1.45. The van der Waals surface area contributed by atoms with E-state index in [1.165, 1.54) is 38.5 Å². The van der Waals surface area contributed by atoms with Gasteiger partial charge in [0.2, 0.25) is 0 Å². The van der Waals surface area contributed by atoms with E-state index in [1.807, 2.05) is 0 Å². The molecule has 2 fully saturated rings. The second kappa shape index (κ2) is 7.26. The third-order valence-electron chi connectivity index (χ3n) is 6.04. The molecule has 0 amide bonds. The van der Waals surface area contributed by atoms with Crippen LogP contribution in [0.25, 0.3) is 0 Å². The molecule has 0 saturated heterocycles. The normalized spacial score (nSPS) is 33.3. The highest BCUT2D eigenvalue weighted by Gasteiger charge is 2.37. The fourth-order valence-electron chi connectivity index (χ4n) is 3.90. The molecule has 2 nitrogen and oxygen atoms in total.